The normalized spacial score (nSPS) is 15.9. The molecule has 0 bridgehead atoms. The Kier molecular flexibility index (Phi) is 10.7. The van der Waals surface area contributed by atoms with Crippen molar-refractivity contribution in [3.8, 4) is 0 Å². The van der Waals surface area contributed by atoms with Gasteiger partial charge in [0.25, 0.3) is 0 Å². The van der Waals surface area contributed by atoms with Crippen molar-refractivity contribution >= 4 is 33.6 Å². The average Bonchev–Trinajstić information content (AvgIpc) is 3.52. The molecule has 226 valence electrons. The summed E-state index contributed by atoms with van der Waals surface area (Å²) in [6.07, 6.45) is 3.20. The molecule has 12 heteroatoms. The topological polar surface area (TPSA) is 163 Å². The molecule has 11 nitrogen and oxygen atoms in total. The molecule has 0 aliphatic carbocycles. The van der Waals surface area contributed by atoms with E-state index in [4.69, 9.17) is 0 Å². The lowest BCUT2D eigenvalue weighted by atomic mass is 10.0. The molecule has 0 saturated carbocycles. The minimum atomic E-state index is -3.91. The van der Waals surface area contributed by atoms with Gasteiger partial charge in [0.15, 0.2) is 5.78 Å². The first-order valence-corrected chi connectivity index (χ1v) is 15.4. The molecular weight excluding hydrogens is 572 g/mol. The number of carbonyl (C=O) groups is 4. The van der Waals surface area contributed by atoms with Gasteiger partial charge in [0.1, 0.15) is 12.1 Å². The number of carbonyl (C=O) groups excluding carboxylic acids is 3. The maximum atomic E-state index is 13.1. The van der Waals surface area contributed by atoms with Gasteiger partial charge in [0, 0.05) is 37.7 Å². The molecule has 1 aliphatic heterocycles. The Morgan fingerprint density at radius 3 is 2.33 bits per heavy atom. The fraction of sp³-hybridized carbons (Fsp3) is 0.323. The maximum absolute atomic E-state index is 13.1. The van der Waals surface area contributed by atoms with Crippen molar-refractivity contribution in [1.82, 2.24) is 19.9 Å². The lowest BCUT2D eigenvalue weighted by Gasteiger charge is -2.25. The number of benzene rings is 2. The zero-order chi connectivity index (χ0) is 30.8. The fourth-order valence-corrected chi connectivity index (χ4v) is 6.56. The van der Waals surface area contributed by atoms with E-state index in [2.05, 4.69) is 15.6 Å². The monoisotopic (exact) mass is 606 g/mol. The number of carboxylic acid groups (broad SMARTS) is 1. The van der Waals surface area contributed by atoms with Gasteiger partial charge in [-0.25, -0.2) is 13.2 Å². The van der Waals surface area contributed by atoms with Gasteiger partial charge in [-0.2, -0.15) is 4.31 Å². The van der Waals surface area contributed by atoms with Crippen LogP contribution < -0.4 is 10.6 Å². The minimum absolute atomic E-state index is 0.0280. The summed E-state index contributed by atoms with van der Waals surface area (Å²) in [4.78, 5) is 53.8. The molecule has 43 heavy (non-hydrogen) atoms. The molecule has 1 fully saturated rings. The van der Waals surface area contributed by atoms with Gasteiger partial charge in [0.05, 0.1) is 11.4 Å². The highest BCUT2D eigenvalue weighted by Gasteiger charge is 2.40. The summed E-state index contributed by atoms with van der Waals surface area (Å²) in [5.41, 5.74) is 2.11. The van der Waals surface area contributed by atoms with Gasteiger partial charge in [0.2, 0.25) is 21.8 Å². The SMILES string of the molecule is O=C(CNC(=O)CCc1ccccn1)Cc1ccc(C[C@H](NC(=O)[C@@H]2CCCN2S(=O)(=O)c2ccccc2)C(=O)O)cc1. The summed E-state index contributed by atoms with van der Waals surface area (Å²) in [7, 11) is -3.91. The van der Waals surface area contributed by atoms with Crippen molar-refractivity contribution in [2.24, 2.45) is 0 Å². The van der Waals surface area contributed by atoms with Crippen LogP contribution in [0.25, 0.3) is 0 Å². The molecule has 2 aromatic carbocycles. The van der Waals surface area contributed by atoms with Gasteiger partial charge in [-0.1, -0.05) is 48.5 Å². The third-order valence-electron chi connectivity index (χ3n) is 7.15. The van der Waals surface area contributed by atoms with E-state index in [1.54, 1.807) is 54.7 Å². The zero-order valence-corrected chi connectivity index (χ0v) is 24.3. The van der Waals surface area contributed by atoms with Crippen LogP contribution in [0.4, 0.5) is 0 Å². The van der Waals surface area contributed by atoms with Crippen molar-refractivity contribution in [2.75, 3.05) is 13.1 Å². The smallest absolute Gasteiger partial charge is 0.326 e. The number of nitrogens with zero attached hydrogens (tertiary/aromatic N) is 2. The molecule has 4 rings (SSSR count). The fourth-order valence-electron chi connectivity index (χ4n) is 4.88. The number of aryl methyl sites for hydroxylation is 1. The Bertz CT molecular complexity index is 1530. The van der Waals surface area contributed by atoms with Crippen LogP contribution in [0.3, 0.4) is 0 Å². The van der Waals surface area contributed by atoms with Crippen LogP contribution in [0.2, 0.25) is 0 Å². The van der Waals surface area contributed by atoms with Gasteiger partial charge < -0.3 is 15.7 Å². The molecular formula is C31H34N4O7S. The Balaban J connectivity index is 1.27. The van der Waals surface area contributed by atoms with Crippen LogP contribution in [0.5, 0.6) is 0 Å². The molecule has 0 unspecified atom stereocenters. The second-order valence-corrected chi connectivity index (χ2v) is 12.2. The van der Waals surface area contributed by atoms with E-state index in [1.165, 1.54) is 12.1 Å². The maximum Gasteiger partial charge on any atom is 0.326 e. The number of aliphatic carboxylic acids is 1. The van der Waals surface area contributed by atoms with Gasteiger partial charge in [-0.3, -0.25) is 19.4 Å². The standard InChI is InChI=1S/C31H34N4O7S/c36-25(21-33-29(37)16-15-24-7-4-5-17-32-24)19-22-11-13-23(14-12-22)20-27(31(39)40)34-30(38)28-10-6-18-35(28)43(41,42)26-8-2-1-3-9-26/h1-5,7-9,11-14,17,27-28H,6,10,15-16,18-21H2,(H,33,37)(H,34,38)(H,39,40)/t27-,28-/m0/s1. The number of hydrogen-bond acceptors (Lipinski definition) is 7. The molecule has 0 spiro atoms. The van der Waals surface area contributed by atoms with E-state index in [0.717, 1.165) is 10.00 Å². The van der Waals surface area contributed by atoms with Crippen molar-refractivity contribution < 1.29 is 32.7 Å². The molecule has 0 radical (unpaired) electrons. The zero-order valence-electron chi connectivity index (χ0n) is 23.5. The Morgan fingerprint density at radius 1 is 0.953 bits per heavy atom. The molecule has 2 heterocycles. The van der Waals surface area contributed by atoms with E-state index >= 15 is 0 Å². The second kappa shape index (κ2) is 14.7. The number of ketones is 1. The largest absolute Gasteiger partial charge is 0.480 e. The summed E-state index contributed by atoms with van der Waals surface area (Å²) >= 11 is 0. The van der Waals surface area contributed by atoms with Crippen molar-refractivity contribution in [2.45, 2.75) is 55.5 Å². The summed E-state index contributed by atoms with van der Waals surface area (Å²) in [5, 5.41) is 14.9. The molecule has 3 aromatic rings. The number of amides is 2. The summed E-state index contributed by atoms with van der Waals surface area (Å²) in [5.74, 6) is -2.33. The van der Waals surface area contributed by atoms with Crippen LogP contribution in [0.1, 0.15) is 36.1 Å². The summed E-state index contributed by atoms with van der Waals surface area (Å²) in [6.45, 7) is 0.0657. The second-order valence-electron chi connectivity index (χ2n) is 10.3. The van der Waals surface area contributed by atoms with Gasteiger partial charge in [-0.05, 0) is 54.7 Å². The first-order chi connectivity index (χ1) is 20.6. The highest BCUT2D eigenvalue weighted by atomic mass is 32.2. The highest BCUT2D eigenvalue weighted by Crippen LogP contribution is 2.26. The Morgan fingerprint density at radius 2 is 1.65 bits per heavy atom. The van der Waals surface area contributed by atoms with E-state index in [-0.39, 0.29) is 55.4 Å². The van der Waals surface area contributed by atoms with E-state index in [9.17, 15) is 32.7 Å². The predicted octanol–water partition coefficient (Wildman–Crippen LogP) is 1.91. The number of nitrogens with one attached hydrogen (secondary N) is 2. The van der Waals surface area contributed by atoms with E-state index in [0.29, 0.717) is 24.0 Å². The quantitative estimate of drug-likeness (QED) is 0.251. The van der Waals surface area contributed by atoms with E-state index in [1.807, 2.05) is 12.1 Å². The minimum Gasteiger partial charge on any atom is -0.480 e. The van der Waals surface area contributed by atoms with Gasteiger partial charge >= 0.3 is 5.97 Å². The molecule has 2 amide bonds. The molecule has 2 atom stereocenters. The number of hydrogen-bond donors (Lipinski definition) is 3. The molecule has 3 N–H and O–H groups in total. The summed E-state index contributed by atoms with van der Waals surface area (Å²) < 4.78 is 27.3. The Hall–Kier alpha value is -4.42. The molecule has 1 aromatic heterocycles. The third-order valence-corrected chi connectivity index (χ3v) is 9.07. The molecule has 1 aliphatic rings. The van der Waals surface area contributed by atoms with Crippen LogP contribution in [0, 0.1) is 0 Å². The first kappa shape index (κ1) is 31.5. The van der Waals surface area contributed by atoms with Crippen molar-refractivity contribution in [3.63, 3.8) is 0 Å². The third kappa shape index (κ3) is 8.79. The predicted molar refractivity (Wildman–Crippen MR) is 157 cm³/mol. The number of pyridine rings is 1. The highest BCUT2D eigenvalue weighted by molar-refractivity contribution is 7.89. The number of Topliss-reactive ketones (excluding diaryl/α,β-unsaturated/α-hetero) is 1. The summed E-state index contributed by atoms with van der Waals surface area (Å²) in [6, 6.07) is 17.8. The van der Waals surface area contributed by atoms with Crippen LogP contribution in [-0.4, -0.2) is 71.6 Å². The average molecular weight is 607 g/mol. The lowest BCUT2D eigenvalue weighted by Crippen LogP contribution is -2.51. The van der Waals surface area contributed by atoms with Crippen molar-refractivity contribution in [1.29, 1.82) is 0 Å². The number of sulfonamides is 1. The first-order valence-electron chi connectivity index (χ1n) is 14.0. The van der Waals surface area contributed by atoms with Crippen LogP contribution in [0.15, 0.2) is 83.9 Å². The van der Waals surface area contributed by atoms with Crippen LogP contribution >= 0.6 is 0 Å². The number of rotatable bonds is 14. The Labute approximate surface area is 250 Å². The number of aromatic nitrogens is 1. The van der Waals surface area contributed by atoms with E-state index < -0.39 is 34.0 Å². The van der Waals surface area contributed by atoms with Crippen LogP contribution in [-0.2, 0) is 48.5 Å². The van der Waals surface area contributed by atoms with Gasteiger partial charge in [-0.15, -0.1) is 0 Å². The van der Waals surface area contributed by atoms with Crippen molar-refractivity contribution in [3.05, 3.63) is 95.8 Å². The number of carboxylic acids is 1. The molecule has 1 saturated heterocycles. The lowest BCUT2D eigenvalue weighted by molar-refractivity contribution is -0.142.